The van der Waals surface area contributed by atoms with Crippen LogP contribution in [0.2, 0.25) is 0 Å². The molecule has 0 radical (unpaired) electrons. The van der Waals surface area contributed by atoms with Crippen LogP contribution in [0.25, 0.3) is 0 Å². The number of carbonyl (C=O) groups is 1. The Balaban J connectivity index is 1.71. The van der Waals surface area contributed by atoms with Gasteiger partial charge in [0.2, 0.25) is 5.75 Å². The van der Waals surface area contributed by atoms with E-state index in [1.54, 1.807) is 26.2 Å². The SMILES string of the molecule is COc1cc(C(=O)N2CCN(C[C@H](C)O)CC2)cc2c1OCCO2. The molecule has 1 aromatic carbocycles. The van der Waals surface area contributed by atoms with Crippen molar-refractivity contribution in [1.82, 2.24) is 9.80 Å². The third-order valence-electron chi connectivity index (χ3n) is 4.26. The fourth-order valence-electron chi connectivity index (χ4n) is 3.09. The minimum absolute atomic E-state index is 0.0398. The van der Waals surface area contributed by atoms with Crippen LogP contribution in [0.1, 0.15) is 17.3 Å². The molecule has 0 spiro atoms. The number of β-amino-alcohol motifs (C(OH)–C–C–N with tert-alkyl or cyclic N) is 1. The molecule has 3 rings (SSSR count). The zero-order valence-corrected chi connectivity index (χ0v) is 14.2. The van der Waals surface area contributed by atoms with Crippen molar-refractivity contribution in [3.8, 4) is 17.2 Å². The van der Waals surface area contributed by atoms with E-state index in [1.807, 2.05) is 4.90 Å². The molecule has 1 N–H and O–H groups in total. The van der Waals surface area contributed by atoms with Crippen molar-refractivity contribution in [2.24, 2.45) is 0 Å². The molecule has 0 bridgehead atoms. The highest BCUT2D eigenvalue weighted by atomic mass is 16.6. The molecule has 2 aliphatic rings. The van der Waals surface area contributed by atoms with E-state index in [2.05, 4.69) is 4.90 Å². The second-order valence-electron chi connectivity index (χ2n) is 6.14. The maximum atomic E-state index is 12.8. The summed E-state index contributed by atoms with van der Waals surface area (Å²) in [6, 6.07) is 3.43. The van der Waals surface area contributed by atoms with Crippen LogP contribution in [0.4, 0.5) is 0 Å². The summed E-state index contributed by atoms with van der Waals surface area (Å²) in [5, 5.41) is 9.47. The maximum Gasteiger partial charge on any atom is 0.254 e. The zero-order chi connectivity index (χ0) is 17.1. The minimum atomic E-state index is -0.352. The topological polar surface area (TPSA) is 71.5 Å². The number of ether oxygens (including phenoxy) is 3. The third kappa shape index (κ3) is 3.57. The monoisotopic (exact) mass is 336 g/mol. The van der Waals surface area contributed by atoms with Crippen molar-refractivity contribution in [2.45, 2.75) is 13.0 Å². The van der Waals surface area contributed by atoms with Crippen LogP contribution in [-0.2, 0) is 0 Å². The van der Waals surface area contributed by atoms with E-state index < -0.39 is 0 Å². The fraction of sp³-hybridized carbons (Fsp3) is 0.588. The van der Waals surface area contributed by atoms with Gasteiger partial charge in [-0.3, -0.25) is 9.69 Å². The van der Waals surface area contributed by atoms with Gasteiger partial charge in [0, 0.05) is 38.3 Å². The molecule has 2 heterocycles. The number of hydrogen-bond donors (Lipinski definition) is 1. The van der Waals surface area contributed by atoms with Crippen molar-refractivity contribution < 1.29 is 24.1 Å². The van der Waals surface area contributed by atoms with E-state index in [0.717, 1.165) is 13.1 Å². The number of rotatable bonds is 4. The van der Waals surface area contributed by atoms with Gasteiger partial charge in [-0.2, -0.15) is 0 Å². The lowest BCUT2D eigenvalue weighted by atomic mass is 10.1. The van der Waals surface area contributed by atoms with Gasteiger partial charge in [0.1, 0.15) is 13.2 Å². The van der Waals surface area contributed by atoms with E-state index >= 15 is 0 Å². The Hall–Kier alpha value is -1.99. The molecule has 1 atom stereocenters. The first kappa shape index (κ1) is 16.9. The van der Waals surface area contributed by atoms with Crippen LogP contribution in [0, 0.1) is 0 Å². The first-order chi connectivity index (χ1) is 11.6. The average molecular weight is 336 g/mol. The fourth-order valence-corrected chi connectivity index (χ4v) is 3.09. The minimum Gasteiger partial charge on any atom is -0.493 e. The van der Waals surface area contributed by atoms with Crippen molar-refractivity contribution >= 4 is 5.91 Å². The molecule has 24 heavy (non-hydrogen) atoms. The molecule has 132 valence electrons. The lowest BCUT2D eigenvalue weighted by molar-refractivity contribution is 0.0553. The summed E-state index contributed by atoms with van der Waals surface area (Å²) in [5.74, 6) is 1.59. The molecule has 0 saturated carbocycles. The van der Waals surface area contributed by atoms with Gasteiger partial charge in [-0.15, -0.1) is 0 Å². The van der Waals surface area contributed by atoms with Crippen LogP contribution < -0.4 is 14.2 Å². The molecule has 1 fully saturated rings. The Morgan fingerprint density at radius 3 is 2.62 bits per heavy atom. The highest BCUT2D eigenvalue weighted by molar-refractivity contribution is 5.95. The molecule has 0 aliphatic carbocycles. The number of carbonyl (C=O) groups excluding carboxylic acids is 1. The molecule has 1 aromatic rings. The number of piperazine rings is 1. The summed E-state index contributed by atoms with van der Waals surface area (Å²) in [6.07, 6.45) is -0.352. The first-order valence-corrected chi connectivity index (χ1v) is 8.26. The highest BCUT2D eigenvalue weighted by Gasteiger charge is 2.26. The van der Waals surface area contributed by atoms with E-state index in [0.29, 0.717) is 55.7 Å². The van der Waals surface area contributed by atoms with Gasteiger partial charge < -0.3 is 24.2 Å². The first-order valence-electron chi connectivity index (χ1n) is 8.26. The Morgan fingerprint density at radius 2 is 1.96 bits per heavy atom. The normalized spacial score (nSPS) is 19.0. The van der Waals surface area contributed by atoms with Gasteiger partial charge in [-0.1, -0.05) is 0 Å². The molecule has 1 saturated heterocycles. The second-order valence-corrected chi connectivity index (χ2v) is 6.14. The average Bonchev–Trinajstić information content (AvgIpc) is 2.60. The summed E-state index contributed by atoms with van der Waals surface area (Å²) in [6.45, 7) is 6.16. The quantitative estimate of drug-likeness (QED) is 0.868. The van der Waals surface area contributed by atoms with Crippen molar-refractivity contribution in [2.75, 3.05) is 53.0 Å². The molecule has 2 aliphatic heterocycles. The largest absolute Gasteiger partial charge is 0.493 e. The summed E-state index contributed by atoms with van der Waals surface area (Å²) < 4.78 is 16.5. The van der Waals surface area contributed by atoms with E-state index in [4.69, 9.17) is 14.2 Å². The standard InChI is InChI=1S/C17H24N2O5/c1-12(20)11-18-3-5-19(6-4-18)17(21)13-9-14(22-2)16-15(10-13)23-7-8-24-16/h9-10,12,20H,3-8,11H2,1-2H3/t12-/m0/s1. The lowest BCUT2D eigenvalue weighted by Crippen LogP contribution is -2.50. The number of amides is 1. The Kier molecular flexibility index (Phi) is 5.11. The van der Waals surface area contributed by atoms with Crippen LogP contribution in [0.15, 0.2) is 12.1 Å². The Morgan fingerprint density at radius 1 is 1.25 bits per heavy atom. The molecule has 1 amide bonds. The number of benzene rings is 1. The number of fused-ring (bicyclic) bond motifs is 1. The number of methoxy groups -OCH3 is 1. The number of aliphatic hydroxyl groups is 1. The van der Waals surface area contributed by atoms with Crippen LogP contribution >= 0.6 is 0 Å². The van der Waals surface area contributed by atoms with Gasteiger partial charge in [0.15, 0.2) is 11.5 Å². The Bertz CT molecular complexity index is 580. The summed E-state index contributed by atoms with van der Waals surface area (Å²) in [4.78, 5) is 16.8. The smallest absolute Gasteiger partial charge is 0.254 e. The van der Waals surface area contributed by atoms with Crippen molar-refractivity contribution in [1.29, 1.82) is 0 Å². The van der Waals surface area contributed by atoms with E-state index in [-0.39, 0.29) is 12.0 Å². The highest BCUT2D eigenvalue weighted by Crippen LogP contribution is 2.40. The maximum absolute atomic E-state index is 12.8. The lowest BCUT2D eigenvalue weighted by Gasteiger charge is -2.35. The molecule has 0 aromatic heterocycles. The second kappa shape index (κ2) is 7.27. The molecule has 7 heteroatoms. The van der Waals surface area contributed by atoms with Crippen molar-refractivity contribution in [3.63, 3.8) is 0 Å². The molecule has 0 unspecified atom stereocenters. The predicted molar refractivity (Wildman–Crippen MR) is 88.0 cm³/mol. The third-order valence-corrected chi connectivity index (χ3v) is 4.26. The van der Waals surface area contributed by atoms with Crippen LogP contribution in [0.5, 0.6) is 17.2 Å². The van der Waals surface area contributed by atoms with E-state index in [9.17, 15) is 9.90 Å². The summed E-state index contributed by atoms with van der Waals surface area (Å²) in [5.41, 5.74) is 0.542. The van der Waals surface area contributed by atoms with Gasteiger partial charge >= 0.3 is 0 Å². The van der Waals surface area contributed by atoms with Gasteiger partial charge in [-0.25, -0.2) is 0 Å². The molecular formula is C17H24N2O5. The summed E-state index contributed by atoms with van der Waals surface area (Å²) in [7, 11) is 1.55. The zero-order valence-electron chi connectivity index (χ0n) is 14.2. The number of aliphatic hydroxyl groups excluding tert-OH is 1. The predicted octanol–water partition coefficient (Wildman–Crippen LogP) is 0.605. The van der Waals surface area contributed by atoms with E-state index in [1.165, 1.54) is 0 Å². The van der Waals surface area contributed by atoms with Gasteiger partial charge in [0.05, 0.1) is 13.2 Å². The number of nitrogens with zero attached hydrogens (tertiary/aromatic N) is 2. The van der Waals surface area contributed by atoms with Gasteiger partial charge in [0.25, 0.3) is 5.91 Å². The number of hydrogen-bond acceptors (Lipinski definition) is 6. The van der Waals surface area contributed by atoms with Crippen LogP contribution in [-0.4, -0.2) is 80.0 Å². The Labute approximate surface area is 141 Å². The van der Waals surface area contributed by atoms with Crippen LogP contribution in [0.3, 0.4) is 0 Å². The molecular weight excluding hydrogens is 312 g/mol. The van der Waals surface area contributed by atoms with Gasteiger partial charge in [-0.05, 0) is 19.1 Å². The molecule has 7 nitrogen and oxygen atoms in total. The summed E-state index contributed by atoms with van der Waals surface area (Å²) >= 11 is 0. The van der Waals surface area contributed by atoms with Crippen molar-refractivity contribution in [3.05, 3.63) is 17.7 Å².